The summed E-state index contributed by atoms with van der Waals surface area (Å²) in [4.78, 5) is 37.4. The van der Waals surface area contributed by atoms with Crippen LogP contribution in [0.15, 0.2) is 54.7 Å². The van der Waals surface area contributed by atoms with E-state index >= 15 is 0 Å². The van der Waals surface area contributed by atoms with Crippen molar-refractivity contribution in [3.05, 3.63) is 60.3 Å². The minimum Gasteiger partial charge on any atom is -0.338 e. The summed E-state index contributed by atoms with van der Waals surface area (Å²) < 4.78 is 1.87. The zero-order valence-electron chi connectivity index (χ0n) is 14.7. The second kappa shape index (κ2) is 6.60. The summed E-state index contributed by atoms with van der Waals surface area (Å²) in [5, 5.41) is 6.41. The van der Waals surface area contributed by atoms with Crippen molar-refractivity contribution in [2.45, 2.75) is 13.5 Å². The number of fused-ring (bicyclic) bond motifs is 1. The molecule has 1 aliphatic rings. The van der Waals surface area contributed by atoms with Gasteiger partial charge >= 0.3 is 6.03 Å². The molecule has 7 heteroatoms. The number of nitrogens with zero attached hydrogens (tertiary/aromatic N) is 2. The number of para-hydroxylation sites is 1. The Labute approximate surface area is 155 Å². The van der Waals surface area contributed by atoms with Gasteiger partial charge in [0.05, 0.1) is 12.2 Å². The van der Waals surface area contributed by atoms with Crippen molar-refractivity contribution in [3.63, 3.8) is 0 Å². The van der Waals surface area contributed by atoms with Crippen molar-refractivity contribution in [2.75, 3.05) is 16.8 Å². The number of hydrogen-bond donors (Lipinski definition) is 2. The van der Waals surface area contributed by atoms with Gasteiger partial charge in [-0.05, 0) is 42.1 Å². The van der Waals surface area contributed by atoms with Crippen LogP contribution in [0.1, 0.15) is 5.56 Å². The zero-order valence-corrected chi connectivity index (χ0v) is 14.7. The molecule has 0 bridgehead atoms. The van der Waals surface area contributed by atoms with Gasteiger partial charge in [-0.15, -0.1) is 0 Å². The molecule has 4 rings (SSSR count). The van der Waals surface area contributed by atoms with Crippen LogP contribution in [0.5, 0.6) is 0 Å². The lowest BCUT2D eigenvalue weighted by atomic mass is 10.1. The molecular formula is C20H18N4O3. The molecule has 0 aliphatic carbocycles. The van der Waals surface area contributed by atoms with E-state index in [4.69, 9.17) is 0 Å². The minimum absolute atomic E-state index is 0.0183. The third-order valence-corrected chi connectivity index (χ3v) is 4.57. The second-order valence-corrected chi connectivity index (χ2v) is 6.44. The lowest BCUT2D eigenvalue weighted by Gasteiger charge is -2.17. The van der Waals surface area contributed by atoms with Crippen molar-refractivity contribution in [3.8, 4) is 0 Å². The normalized spacial score (nSPS) is 13.9. The van der Waals surface area contributed by atoms with E-state index in [9.17, 15) is 14.4 Å². The van der Waals surface area contributed by atoms with Crippen molar-refractivity contribution in [1.29, 1.82) is 0 Å². The average Bonchev–Trinajstić information content (AvgIpc) is 3.20. The number of nitrogens with one attached hydrogen (secondary N) is 2. The van der Waals surface area contributed by atoms with Crippen LogP contribution >= 0.6 is 0 Å². The van der Waals surface area contributed by atoms with E-state index in [1.165, 1.54) is 0 Å². The Bertz CT molecular complexity index is 1050. The maximum Gasteiger partial charge on any atom is 0.329 e. The van der Waals surface area contributed by atoms with Gasteiger partial charge in [0.2, 0.25) is 5.91 Å². The van der Waals surface area contributed by atoms with Crippen molar-refractivity contribution in [1.82, 2.24) is 9.88 Å². The topological polar surface area (TPSA) is 83.4 Å². The highest BCUT2D eigenvalue weighted by Crippen LogP contribution is 2.26. The first-order valence-electron chi connectivity index (χ1n) is 8.58. The number of anilines is 2. The summed E-state index contributed by atoms with van der Waals surface area (Å²) in [6.45, 7) is 1.96. The van der Waals surface area contributed by atoms with E-state index in [0.717, 1.165) is 21.4 Å². The second-order valence-electron chi connectivity index (χ2n) is 6.44. The molecule has 1 fully saturated rings. The molecule has 1 aliphatic heterocycles. The van der Waals surface area contributed by atoms with Gasteiger partial charge in [0.15, 0.2) is 0 Å². The first-order valence-corrected chi connectivity index (χ1v) is 8.58. The van der Waals surface area contributed by atoms with Crippen LogP contribution in [0.3, 0.4) is 0 Å². The predicted molar refractivity (Wildman–Crippen MR) is 103 cm³/mol. The van der Waals surface area contributed by atoms with Gasteiger partial charge in [-0.3, -0.25) is 9.59 Å². The molecule has 2 heterocycles. The van der Waals surface area contributed by atoms with Gasteiger partial charge in [-0.2, -0.15) is 0 Å². The third-order valence-electron chi connectivity index (χ3n) is 4.57. The predicted octanol–water partition coefficient (Wildman–Crippen LogP) is 2.64. The van der Waals surface area contributed by atoms with Gasteiger partial charge in [0.25, 0.3) is 5.91 Å². The fourth-order valence-corrected chi connectivity index (χ4v) is 3.23. The highest BCUT2D eigenvalue weighted by Gasteiger charge is 2.31. The molecule has 0 saturated carbocycles. The highest BCUT2D eigenvalue weighted by molar-refractivity contribution is 6.20. The summed E-state index contributed by atoms with van der Waals surface area (Å²) >= 11 is 0. The SMILES string of the molecule is Cc1ccc(NC(=O)Cn2ccc3ccccc32)cc1N1C(=O)CNC1=O. The molecule has 0 unspecified atom stereocenters. The molecule has 136 valence electrons. The van der Waals surface area contributed by atoms with Crippen molar-refractivity contribution < 1.29 is 14.4 Å². The van der Waals surface area contributed by atoms with Crippen LogP contribution in [0.25, 0.3) is 10.9 Å². The van der Waals surface area contributed by atoms with Gasteiger partial charge in [0.1, 0.15) is 6.54 Å². The zero-order chi connectivity index (χ0) is 19.0. The van der Waals surface area contributed by atoms with Gasteiger partial charge in [-0.25, -0.2) is 9.69 Å². The Balaban J connectivity index is 1.54. The van der Waals surface area contributed by atoms with Crippen LogP contribution in [0, 0.1) is 6.92 Å². The molecule has 0 atom stereocenters. The number of urea groups is 1. The minimum atomic E-state index is -0.453. The molecule has 0 radical (unpaired) electrons. The smallest absolute Gasteiger partial charge is 0.329 e. The number of aryl methyl sites for hydroxylation is 1. The number of aromatic nitrogens is 1. The number of hydrogen-bond acceptors (Lipinski definition) is 3. The van der Waals surface area contributed by atoms with Gasteiger partial charge in [0, 0.05) is 17.4 Å². The molecule has 2 N–H and O–H groups in total. The fourth-order valence-electron chi connectivity index (χ4n) is 3.23. The molecule has 1 saturated heterocycles. The highest BCUT2D eigenvalue weighted by atomic mass is 16.2. The summed E-state index contributed by atoms with van der Waals surface area (Å²) in [6, 6.07) is 14.5. The summed E-state index contributed by atoms with van der Waals surface area (Å²) in [5.41, 5.74) is 2.76. The molecule has 0 spiro atoms. The van der Waals surface area contributed by atoms with Crippen molar-refractivity contribution >= 4 is 40.1 Å². The Morgan fingerprint density at radius 3 is 2.74 bits per heavy atom. The van der Waals surface area contributed by atoms with E-state index < -0.39 is 6.03 Å². The molecule has 3 aromatic rings. The monoisotopic (exact) mass is 362 g/mol. The largest absolute Gasteiger partial charge is 0.338 e. The first kappa shape index (κ1) is 16.8. The Morgan fingerprint density at radius 2 is 1.96 bits per heavy atom. The van der Waals surface area contributed by atoms with Crippen LogP contribution in [0.4, 0.5) is 16.2 Å². The molecule has 1 aromatic heterocycles. The molecule has 4 amide bonds. The van der Waals surface area contributed by atoms with Crippen molar-refractivity contribution in [2.24, 2.45) is 0 Å². The number of rotatable bonds is 4. The Kier molecular flexibility index (Phi) is 4.12. The van der Waals surface area contributed by atoms with E-state index in [0.29, 0.717) is 11.4 Å². The maximum absolute atomic E-state index is 12.5. The molecule has 2 aromatic carbocycles. The van der Waals surface area contributed by atoms with E-state index in [-0.39, 0.29) is 24.9 Å². The van der Waals surface area contributed by atoms with Gasteiger partial charge in [-0.1, -0.05) is 24.3 Å². The molecule has 27 heavy (non-hydrogen) atoms. The standard InChI is InChI=1S/C20H18N4O3/c1-13-6-7-15(10-17(13)24-19(26)11-21-20(24)27)22-18(25)12-23-9-8-14-4-2-3-5-16(14)23/h2-10H,11-12H2,1H3,(H,21,27)(H,22,25). The fraction of sp³-hybridized carbons (Fsp3) is 0.150. The summed E-state index contributed by atoms with van der Waals surface area (Å²) in [6.07, 6.45) is 1.87. The van der Waals surface area contributed by atoms with Crippen LogP contribution in [-0.2, 0) is 16.1 Å². The van der Waals surface area contributed by atoms with E-state index in [1.54, 1.807) is 18.2 Å². The molecular weight excluding hydrogens is 344 g/mol. The van der Waals surface area contributed by atoms with Crippen LogP contribution in [-0.4, -0.2) is 29.0 Å². The van der Waals surface area contributed by atoms with Gasteiger partial charge < -0.3 is 15.2 Å². The third kappa shape index (κ3) is 3.15. The molecule has 7 nitrogen and oxygen atoms in total. The lowest BCUT2D eigenvalue weighted by Crippen LogP contribution is -2.31. The Morgan fingerprint density at radius 1 is 1.15 bits per heavy atom. The van der Waals surface area contributed by atoms with E-state index in [2.05, 4.69) is 10.6 Å². The maximum atomic E-state index is 12.5. The number of imide groups is 1. The summed E-state index contributed by atoms with van der Waals surface area (Å²) in [7, 11) is 0. The number of amides is 4. The number of carbonyl (C=O) groups is 3. The quantitative estimate of drug-likeness (QED) is 0.700. The van der Waals surface area contributed by atoms with Crippen LogP contribution in [0.2, 0.25) is 0 Å². The lowest BCUT2D eigenvalue weighted by molar-refractivity contribution is -0.117. The van der Waals surface area contributed by atoms with Crippen LogP contribution < -0.4 is 15.5 Å². The first-order chi connectivity index (χ1) is 13.0. The summed E-state index contributed by atoms with van der Waals surface area (Å²) in [5.74, 6) is -0.506. The number of carbonyl (C=O) groups excluding carboxylic acids is 3. The average molecular weight is 362 g/mol. The number of benzene rings is 2. The Hall–Kier alpha value is -3.61. The van der Waals surface area contributed by atoms with E-state index in [1.807, 2.05) is 48.0 Å².